The van der Waals surface area contributed by atoms with E-state index < -0.39 is 29.0 Å². The van der Waals surface area contributed by atoms with E-state index in [2.05, 4.69) is 0 Å². The SMILES string of the molecule is CN(C(=O)c1cc(F)c(NN)c(F)c1)c1cccc(F)c1. The Morgan fingerprint density at radius 3 is 2.29 bits per heavy atom. The lowest BCUT2D eigenvalue weighted by Gasteiger charge is -2.18. The van der Waals surface area contributed by atoms with Gasteiger partial charge in [-0.3, -0.25) is 10.6 Å². The van der Waals surface area contributed by atoms with Crippen molar-refractivity contribution in [1.29, 1.82) is 0 Å². The van der Waals surface area contributed by atoms with Crippen molar-refractivity contribution in [3.63, 3.8) is 0 Å². The highest BCUT2D eigenvalue weighted by atomic mass is 19.1. The van der Waals surface area contributed by atoms with Crippen LogP contribution in [0.4, 0.5) is 24.5 Å². The minimum absolute atomic E-state index is 0.212. The predicted octanol–water partition coefficient (Wildman–Crippen LogP) is 2.67. The Labute approximate surface area is 118 Å². The van der Waals surface area contributed by atoms with E-state index in [0.29, 0.717) is 0 Å². The molecule has 0 heterocycles. The molecule has 21 heavy (non-hydrogen) atoms. The molecule has 0 spiro atoms. The van der Waals surface area contributed by atoms with E-state index in [4.69, 9.17) is 5.84 Å². The van der Waals surface area contributed by atoms with E-state index in [9.17, 15) is 18.0 Å². The van der Waals surface area contributed by atoms with Gasteiger partial charge in [-0.2, -0.15) is 0 Å². The number of nitrogen functional groups attached to an aromatic ring is 1. The highest BCUT2D eigenvalue weighted by Gasteiger charge is 2.18. The fourth-order valence-corrected chi connectivity index (χ4v) is 1.83. The van der Waals surface area contributed by atoms with Gasteiger partial charge >= 0.3 is 0 Å². The van der Waals surface area contributed by atoms with Crippen LogP contribution in [0.2, 0.25) is 0 Å². The maximum Gasteiger partial charge on any atom is 0.258 e. The molecule has 2 rings (SSSR count). The fourth-order valence-electron chi connectivity index (χ4n) is 1.83. The number of nitrogens with zero attached hydrogens (tertiary/aromatic N) is 1. The van der Waals surface area contributed by atoms with Crippen molar-refractivity contribution in [2.75, 3.05) is 17.4 Å². The second-order valence-electron chi connectivity index (χ2n) is 4.30. The molecule has 4 nitrogen and oxygen atoms in total. The van der Waals surface area contributed by atoms with E-state index in [-0.39, 0.29) is 11.3 Å². The second kappa shape index (κ2) is 5.84. The number of amides is 1. The molecule has 0 unspecified atom stereocenters. The fraction of sp³-hybridized carbons (Fsp3) is 0.0714. The molecule has 0 aliphatic rings. The van der Waals surface area contributed by atoms with Crippen LogP contribution >= 0.6 is 0 Å². The lowest BCUT2D eigenvalue weighted by atomic mass is 10.1. The van der Waals surface area contributed by atoms with Gasteiger partial charge in [-0.15, -0.1) is 0 Å². The molecular formula is C14H12F3N3O. The standard InChI is InChI=1S/C14H12F3N3O/c1-20(10-4-2-3-9(15)7-10)14(21)8-5-11(16)13(19-18)12(17)6-8/h2-7,19H,18H2,1H3. The molecule has 0 aliphatic heterocycles. The summed E-state index contributed by atoms with van der Waals surface area (Å²) in [6.07, 6.45) is 0. The van der Waals surface area contributed by atoms with Crippen LogP contribution in [0.3, 0.4) is 0 Å². The maximum absolute atomic E-state index is 13.6. The number of benzene rings is 2. The molecule has 0 saturated carbocycles. The lowest BCUT2D eigenvalue weighted by Crippen LogP contribution is -2.26. The number of carbonyl (C=O) groups excluding carboxylic acids is 1. The molecule has 3 N–H and O–H groups in total. The molecule has 0 radical (unpaired) electrons. The number of halogens is 3. The molecule has 7 heteroatoms. The van der Waals surface area contributed by atoms with Crippen molar-refractivity contribution < 1.29 is 18.0 Å². The lowest BCUT2D eigenvalue weighted by molar-refractivity contribution is 0.0992. The summed E-state index contributed by atoms with van der Waals surface area (Å²) >= 11 is 0. The molecule has 0 aromatic heterocycles. The first-order valence-corrected chi connectivity index (χ1v) is 5.93. The van der Waals surface area contributed by atoms with E-state index in [1.165, 1.54) is 25.2 Å². The highest BCUT2D eigenvalue weighted by Crippen LogP contribution is 2.22. The number of nitrogens with two attached hydrogens (primary N) is 1. The number of nitrogens with one attached hydrogen (secondary N) is 1. The van der Waals surface area contributed by atoms with Gasteiger partial charge in [0.2, 0.25) is 0 Å². The Bertz CT molecular complexity index is 668. The van der Waals surface area contributed by atoms with Crippen LogP contribution in [-0.2, 0) is 0 Å². The number of carbonyl (C=O) groups is 1. The molecule has 0 aliphatic carbocycles. The topological polar surface area (TPSA) is 58.4 Å². The molecule has 0 fully saturated rings. The quantitative estimate of drug-likeness (QED) is 0.676. The summed E-state index contributed by atoms with van der Waals surface area (Å²) in [5.74, 6) is 1.79. The van der Waals surface area contributed by atoms with E-state index in [1.807, 2.05) is 5.43 Å². The van der Waals surface area contributed by atoms with Gasteiger partial charge in [-0.05, 0) is 30.3 Å². The van der Waals surface area contributed by atoms with Gasteiger partial charge in [0.15, 0.2) is 11.6 Å². The van der Waals surface area contributed by atoms with Crippen molar-refractivity contribution in [3.8, 4) is 0 Å². The van der Waals surface area contributed by atoms with Crippen molar-refractivity contribution in [2.45, 2.75) is 0 Å². The van der Waals surface area contributed by atoms with Crippen LogP contribution in [0.5, 0.6) is 0 Å². The van der Waals surface area contributed by atoms with Crippen LogP contribution in [0.1, 0.15) is 10.4 Å². The van der Waals surface area contributed by atoms with Gasteiger partial charge in [-0.25, -0.2) is 13.2 Å². The largest absolute Gasteiger partial charge is 0.319 e. The summed E-state index contributed by atoms with van der Waals surface area (Å²) in [6, 6.07) is 7.01. The highest BCUT2D eigenvalue weighted by molar-refractivity contribution is 6.05. The van der Waals surface area contributed by atoms with Crippen LogP contribution in [0, 0.1) is 17.5 Å². The summed E-state index contributed by atoms with van der Waals surface area (Å²) in [5.41, 5.74) is 1.40. The Balaban J connectivity index is 2.36. The minimum atomic E-state index is -0.992. The van der Waals surface area contributed by atoms with Crippen LogP contribution < -0.4 is 16.2 Å². The molecule has 110 valence electrons. The molecular weight excluding hydrogens is 283 g/mol. The van der Waals surface area contributed by atoms with E-state index in [1.54, 1.807) is 0 Å². The van der Waals surface area contributed by atoms with Crippen LogP contribution in [-0.4, -0.2) is 13.0 Å². The van der Waals surface area contributed by atoms with Crippen molar-refractivity contribution >= 4 is 17.3 Å². The number of rotatable bonds is 3. The molecule has 0 atom stereocenters. The van der Waals surface area contributed by atoms with Crippen molar-refractivity contribution in [1.82, 2.24) is 0 Å². The second-order valence-corrected chi connectivity index (χ2v) is 4.30. The number of hydrogen-bond acceptors (Lipinski definition) is 3. The van der Waals surface area contributed by atoms with Gasteiger partial charge in [0.1, 0.15) is 11.5 Å². The Morgan fingerprint density at radius 1 is 1.14 bits per heavy atom. The Hall–Kier alpha value is -2.54. The maximum atomic E-state index is 13.6. The van der Waals surface area contributed by atoms with Gasteiger partial charge in [0.25, 0.3) is 5.91 Å². The summed E-state index contributed by atoms with van der Waals surface area (Å²) in [6.45, 7) is 0. The molecule has 2 aromatic rings. The summed E-state index contributed by atoms with van der Waals surface area (Å²) in [4.78, 5) is 13.3. The van der Waals surface area contributed by atoms with Crippen molar-refractivity contribution in [2.24, 2.45) is 5.84 Å². The monoisotopic (exact) mass is 295 g/mol. The Morgan fingerprint density at radius 2 is 1.76 bits per heavy atom. The van der Waals surface area contributed by atoms with Crippen molar-refractivity contribution in [3.05, 3.63) is 59.4 Å². The average Bonchev–Trinajstić information content (AvgIpc) is 2.45. The van der Waals surface area contributed by atoms with Crippen LogP contribution in [0.15, 0.2) is 36.4 Å². The average molecular weight is 295 g/mol. The Kier molecular flexibility index (Phi) is 4.13. The molecule has 2 aromatic carbocycles. The molecule has 1 amide bonds. The smallest absolute Gasteiger partial charge is 0.258 e. The van der Waals surface area contributed by atoms with Gasteiger partial charge in [-0.1, -0.05) is 6.07 Å². The third kappa shape index (κ3) is 2.97. The molecule has 0 saturated heterocycles. The first-order chi connectivity index (χ1) is 9.93. The van der Waals surface area contributed by atoms with E-state index in [0.717, 1.165) is 23.1 Å². The number of hydrazine groups is 1. The predicted molar refractivity (Wildman–Crippen MR) is 73.3 cm³/mol. The zero-order chi connectivity index (χ0) is 15.6. The molecule has 0 bridgehead atoms. The van der Waals surface area contributed by atoms with Crippen LogP contribution in [0.25, 0.3) is 0 Å². The number of anilines is 2. The van der Waals surface area contributed by atoms with Gasteiger partial charge in [0.05, 0.1) is 0 Å². The third-order valence-electron chi connectivity index (χ3n) is 2.93. The first kappa shape index (κ1) is 14.9. The first-order valence-electron chi connectivity index (χ1n) is 5.93. The van der Waals surface area contributed by atoms with E-state index >= 15 is 0 Å². The zero-order valence-corrected chi connectivity index (χ0v) is 11.0. The van der Waals surface area contributed by atoms with Gasteiger partial charge < -0.3 is 10.3 Å². The minimum Gasteiger partial charge on any atom is -0.319 e. The zero-order valence-electron chi connectivity index (χ0n) is 11.0. The summed E-state index contributed by atoms with van der Waals surface area (Å²) in [7, 11) is 1.38. The third-order valence-corrected chi connectivity index (χ3v) is 2.93. The summed E-state index contributed by atoms with van der Waals surface area (Å²) in [5, 5.41) is 0. The number of hydrogen-bond donors (Lipinski definition) is 2. The van der Waals surface area contributed by atoms with Gasteiger partial charge in [0, 0.05) is 18.3 Å². The summed E-state index contributed by atoms with van der Waals surface area (Å²) < 4.78 is 40.3. The normalized spacial score (nSPS) is 10.3.